The molecule has 3 nitrogen and oxygen atoms in total. The number of hydrogen-bond donors (Lipinski definition) is 0. The molecule has 5 heteroatoms. The third-order valence-corrected chi connectivity index (χ3v) is 5.63. The Morgan fingerprint density at radius 1 is 1.29 bits per heavy atom. The second-order valence-electron chi connectivity index (χ2n) is 4.54. The van der Waals surface area contributed by atoms with Gasteiger partial charge in [-0.1, -0.05) is 22.4 Å². The fourth-order valence-electron chi connectivity index (χ4n) is 1.92. The van der Waals surface area contributed by atoms with Crippen molar-refractivity contribution in [3.8, 4) is 0 Å². The fourth-order valence-corrected chi connectivity index (χ4v) is 3.43. The highest BCUT2D eigenvalue weighted by Crippen LogP contribution is 2.28. The molecule has 0 unspecified atom stereocenters. The van der Waals surface area contributed by atoms with E-state index in [1.165, 1.54) is 10.7 Å². The van der Waals surface area contributed by atoms with Crippen LogP contribution in [0.2, 0.25) is 0 Å². The van der Waals surface area contributed by atoms with Crippen molar-refractivity contribution in [1.82, 2.24) is 4.31 Å². The first-order valence-electron chi connectivity index (χ1n) is 5.72. The summed E-state index contributed by atoms with van der Waals surface area (Å²) in [4.78, 5) is 0.363. The van der Waals surface area contributed by atoms with E-state index in [1.807, 2.05) is 0 Å². The number of sulfonamides is 1. The second kappa shape index (κ2) is 5.08. The molecule has 1 aromatic carbocycles. The number of halogens is 1. The van der Waals surface area contributed by atoms with Gasteiger partial charge in [0.1, 0.15) is 0 Å². The summed E-state index contributed by atoms with van der Waals surface area (Å²) < 4.78 is 26.8. The van der Waals surface area contributed by atoms with Gasteiger partial charge in [0, 0.05) is 18.1 Å². The molecule has 0 aromatic heterocycles. The van der Waals surface area contributed by atoms with Gasteiger partial charge >= 0.3 is 0 Å². The Morgan fingerprint density at radius 2 is 1.88 bits per heavy atom. The molecule has 1 fully saturated rings. The molecule has 17 heavy (non-hydrogen) atoms. The third-order valence-electron chi connectivity index (χ3n) is 3.26. The van der Waals surface area contributed by atoms with Crippen LogP contribution >= 0.6 is 15.9 Å². The van der Waals surface area contributed by atoms with E-state index in [1.54, 1.807) is 31.3 Å². The van der Waals surface area contributed by atoms with Crippen LogP contribution in [0.3, 0.4) is 0 Å². The highest BCUT2D eigenvalue weighted by molar-refractivity contribution is 9.10. The standard InChI is InChI=1S/C12H16BrNO2S/c1-14(9-10-3-2-4-10)17(15,16)12-7-5-11(13)6-8-12/h5-8,10H,2-4,9H2,1H3. The van der Waals surface area contributed by atoms with Gasteiger partial charge in [-0.25, -0.2) is 12.7 Å². The van der Waals surface area contributed by atoms with E-state index < -0.39 is 10.0 Å². The van der Waals surface area contributed by atoms with E-state index in [9.17, 15) is 8.42 Å². The molecule has 0 aliphatic heterocycles. The Balaban J connectivity index is 2.13. The van der Waals surface area contributed by atoms with Gasteiger partial charge in [0.15, 0.2) is 0 Å². The molecular weight excluding hydrogens is 302 g/mol. The van der Waals surface area contributed by atoms with Crippen molar-refractivity contribution in [2.75, 3.05) is 13.6 Å². The lowest BCUT2D eigenvalue weighted by atomic mass is 9.86. The zero-order valence-corrected chi connectivity index (χ0v) is 12.2. The van der Waals surface area contributed by atoms with E-state index in [2.05, 4.69) is 15.9 Å². The van der Waals surface area contributed by atoms with Crippen molar-refractivity contribution in [2.24, 2.45) is 5.92 Å². The average Bonchev–Trinajstić information content (AvgIpc) is 2.23. The van der Waals surface area contributed by atoms with Crippen LogP contribution in [0.5, 0.6) is 0 Å². The van der Waals surface area contributed by atoms with Gasteiger partial charge in [0.2, 0.25) is 10.0 Å². The molecular formula is C12H16BrNO2S. The normalized spacial score (nSPS) is 17.1. The van der Waals surface area contributed by atoms with Gasteiger partial charge in [-0.05, 0) is 43.0 Å². The molecule has 0 radical (unpaired) electrons. The molecule has 0 spiro atoms. The fraction of sp³-hybridized carbons (Fsp3) is 0.500. The maximum absolute atomic E-state index is 12.2. The molecule has 1 saturated carbocycles. The molecule has 1 aromatic rings. The van der Waals surface area contributed by atoms with Crippen LogP contribution in [0.4, 0.5) is 0 Å². The van der Waals surface area contributed by atoms with Gasteiger partial charge in [0.05, 0.1) is 4.90 Å². The molecule has 0 atom stereocenters. The van der Waals surface area contributed by atoms with Crippen molar-refractivity contribution in [1.29, 1.82) is 0 Å². The van der Waals surface area contributed by atoms with Crippen molar-refractivity contribution in [3.05, 3.63) is 28.7 Å². The summed E-state index contributed by atoms with van der Waals surface area (Å²) in [5.74, 6) is 0.547. The van der Waals surface area contributed by atoms with Crippen molar-refractivity contribution >= 4 is 26.0 Å². The van der Waals surface area contributed by atoms with Crippen molar-refractivity contribution in [2.45, 2.75) is 24.2 Å². The number of rotatable bonds is 4. The molecule has 2 rings (SSSR count). The molecule has 0 heterocycles. The second-order valence-corrected chi connectivity index (χ2v) is 7.50. The summed E-state index contributed by atoms with van der Waals surface area (Å²) in [6.07, 6.45) is 3.54. The van der Waals surface area contributed by atoms with E-state index in [4.69, 9.17) is 0 Å². The Morgan fingerprint density at radius 3 is 2.35 bits per heavy atom. The number of nitrogens with zero attached hydrogens (tertiary/aromatic N) is 1. The monoisotopic (exact) mass is 317 g/mol. The molecule has 1 aliphatic rings. The van der Waals surface area contributed by atoms with E-state index >= 15 is 0 Å². The first-order chi connectivity index (χ1) is 8.00. The van der Waals surface area contributed by atoms with Crippen molar-refractivity contribution in [3.63, 3.8) is 0 Å². The zero-order chi connectivity index (χ0) is 12.5. The first kappa shape index (κ1) is 13.1. The molecule has 0 N–H and O–H groups in total. The summed E-state index contributed by atoms with van der Waals surface area (Å²) >= 11 is 3.30. The molecule has 1 aliphatic carbocycles. The minimum Gasteiger partial charge on any atom is -0.207 e. The topological polar surface area (TPSA) is 37.4 Å². The summed E-state index contributed by atoms with van der Waals surface area (Å²) in [5, 5.41) is 0. The van der Waals surface area contributed by atoms with Crippen LogP contribution in [0.1, 0.15) is 19.3 Å². The maximum Gasteiger partial charge on any atom is 0.242 e. The van der Waals surface area contributed by atoms with Gasteiger partial charge in [-0.15, -0.1) is 0 Å². The lowest BCUT2D eigenvalue weighted by Gasteiger charge is -2.29. The van der Waals surface area contributed by atoms with Gasteiger partial charge in [-0.3, -0.25) is 0 Å². The van der Waals surface area contributed by atoms with Crippen LogP contribution in [-0.4, -0.2) is 26.3 Å². The van der Waals surface area contributed by atoms with Gasteiger partial charge in [-0.2, -0.15) is 0 Å². The summed E-state index contributed by atoms with van der Waals surface area (Å²) in [6.45, 7) is 0.637. The zero-order valence-electron chi connectivity index (χ0n) is 9.77. The lowest BCUT2D eigenvalue weighted by molar-refractivity contribution is 0.263. The smallest absolute Gasteiger partial charge is 0.207 e. The Bertz CT molecular complexity index is 480. The Kier molecular flexibility index (Phi) is 3.90. The van der Waals surface area contributed by atoms with Crippen LogP contribution in [0.15, 0.2) is 33.6 Å². The average molecular weight is 318 g/mol. The molecule has 0 amide bonds. The van der Waals surface area contributed by atoms with Crippen LogP contribution in [-0.2, 0) is 10.0 Å². The van der Waals surface area contributed by atoms with Crippen molar-refractivity contribution < 1.29 is 8.42 Å². The predicted octanol–water partition coefficient (Wildman–Crippen LogP) is 2.87. The van der Waals surface area contributed by atoms with E-state index in [-0.39, 0.29) is 0 Å². The van der Waals surface area contributed by atoms with Crippen LogP contribution in [0.25, 0.3) is 0 Å². The van der Waals surface area contributed by atoms with Crippen LogP contribution < -0.4 is 0 Å². The summed E-state index contributed by atoms with van der Waals surface area (Å²) in [5.41, 5.74) is 0. The molecule has 0 saturated heterocycles. The SMILES string of the molecule is CN(CC1CCC1)S(=O)(=O)c1ccc(Br)cc1. The van der Waals surface area contributed by atoms with Gasteiger partial charge in [0.25, 0.3) is 0 Å². The Labute approximate surface area is 111 Å². The largest absolute Gasteiger partial charge is 0.242 e. The highest BCUT2D eigenvalue weighted by Gasteiger charge is 2.26. The van der Waals surface area contributed by atoms with E-state index in [0.717, 1.165) is 17.3 Å². The Hall–Kier alpha value is -0.390. The third kappa shape index (κ3) is 2.89. The summed E-state index contributed by atoms with van der Waals surface area (Å²) in [7, 11) is -1.65. The minimum absolute atomic E-state index is 0.363. The lowest BCUT2D eigenvalue weighted by Crippen LogP contribution is -2.34. The van der Waals surface area contributed by atoms with Crippen LogP contribution in [0, 0.1) is 5.92 Å². The highest BCUT2D eigenvalue weighted by atomic mass is 79.9. The quantitative estimate of drug-likeness (QED) is 0.856. The van der Waals surface area contributed by atoms with Gasteiger partial charge < -0.3 is 0 Å². The molecule has 0 bridgehead atoms. The summed E-state index contributed by atoms with van der Waals surface area (Å²) in [6, 6.07) is 6.78. The predicted molar refractivity (Wildman–Crippen MR) is 71.3 cm³/mol. The number of benzene rings is 1. The number of hydrogen-bond acceptors (Lipinski definition) is 2. The maximum atomic E-state index is 12.2. The minimum atomic E-state index is -3.31. The first-order valence-corrected chi connectivity index (χ1v) is 7.95. The van der Waals surface area contributed by atoms with E-state index in [0.29, 0.717) is 17.4 Å². The molecule has 94 valence electrons.